The van der Waals surface area contributed by atoms with Crippen molar-refractivity contribution >= 4 is 62.7 Å². The van der Waals surface area contributed by atoms with E-state index in [4.69, 9.17) is 11.1 Å². The van der Waals surface area contributed by atoms with Crippen molar-refractivity contribution in [3.8, 4) is 0 Å². The number of hydrogen-bond acceptors (Lipinski definition) is 0. The fourth-order valence-electron chi connectivity index (χ4n) is 3.79. The van der Waals surface area contributed by atoms with Crippen LogP contribution in [0.2, 0.25) is 0 Å². The van der Waals surface area contributed by atoms with Gasteiger partial charge in [-0.2, -0.15) is 0 Å². The van der Waals surface area contributed by atoms with Crippen LogP contribution in [0.4, 0.5) is 0 Å². The third-order valence-corrected chi connectivity index (χ3v) is 11.8. The average Bonchev–Trinajstić information content (AvgIpc) is 2.92. The second-order valence-corrected chi connectivity index (χ2v) is 13.5. The second kappa shape index (κ2) is 6.42. The van der Waals surface area contributed by atoms with E-state index in [2.05, 4.69) is 121 Å². The predicted octanol–water partition coefficient (Wildman–Crippen LogP) is 3.36. The molecule has 0 bridgehead atoms. The summed E-state index contributed by atoms with van der Waals surface area (Å²) in [6, 6.07) is 29.9. The molecule has 3 aromatic carbocycles. The highest BCUT2D eigenvalue weighted by Gasteiger charge is 2.47. The summed E-state index contributed by atoms with van der Waals surface area (Å²) >= 11 is 10.2. The molecule has 4 rings (SSSR count). The molecule has 3 heteroatoms. The van der Waals surface area contributed by atoms with Crippen LogP contribution in [0.1, 0.15) is 6.92 Å². The Labute approximate surface area is 167 Å². The lowest BCUT2D eigenvalue weighted by molar-refractivity contribution is 1.18. The Morgan fingerprint density at radius 2 is 1.24 bits per heavy atom. The number of fused-ring (bicyclic) bond motifs is 1. The fraction of sp³-hybridized carbons (Fsp3) is 0.0909. The van der Waals surface area contributed by atoms with Crippen LogP contribution in [0, 0.1) is 0 Å². The van der Waals surface area contributed by atoms with Crippen LogP contribution in [0.15, 0.2) is 84.9 Å². The second-order valence-electron chi connectivity index (χ2n) is 6.57. The molecule has 3 aromatic rings. The Bertz CT molecular complexity index is 987. The zero-order valence-corrected chi connectivity index (χ0v) is 17.8. The molecule has 1 aliphatic rings. The van der Waals surface area contributed by atoms with Gasteiger partial charge in [0.1, 0.15) is 0 Å². The van der Waals surface area contributed by atoms with Crippen molar-refractivity contribution in [1.29, 1.82) is 0 Å². The van der Waals surface area contributed by atoms with Crippen LogP contribution in [0.25, 0.3) is 11.3 Å². The molecule has 1 atom stereocenters. The first-order chi connectivity index (χ1) is 12.0. The first kappa shape index (κ1) is 17.1. The average molecular weight is 473 g/mol. The highest BCUT2D eigenvalue weighted by Crippen LogP contribution is 2.39. The maximum atomic E-state index is 7.69. The molecule has 0 heterocycles. The standard InChI is InChI=1S/C22H18ClISi/c1-22(24)16-17-10-8-9-15-20(17)21(22)25(23,18-11-4-2-5-12-18)19-13-6-3-7-14-19/h2-16H,1H3. The maximum Gasteiger partial charge on any atom is 0.246 e. The molecule has 0 fully saturated rings. The molecule has 0 aromatic heterocycles. The molecule has 0 saturated heterocycles. The van der Waals surface area contributed by atoms with Gasteiger partial charge in [-0.1, -0.05) is 114 Å². The van der Waals surface area contributed by atoms with Gasteiger partial charge in [0, 0.05) is 0 Å². The van der Waals surface area contributed by atoms with Gasteiger partial charge >= 0.3 is 0 Å². The lowest BCUT2D eigenvalue weighted by Crippen LogP contribution is -2.59. The van der Waals surface area contributed by atoms with E-state index in [9.17, 15) is 0 Å². The van der Waals surface area contributed by atoms with Gasteiger partial charge in [0.05, 0.1) is 3.42 Å². The molecule has 0 N–H and O–H groups in total. The third kappa shape index (κ3) is 2.80. The normalized spacial score (nSPS) is 19.4. The van der Waals surface area contributed by atoms with E-state index in [-0.39, 0.29) is 3.42 Å². The number of alkyl halides is 1. The van der Waals surface area contributed by atoms with E-state index in [1.807, 2.05) is 0 Å². The van der Waals surface area contributed by atoms with Crippen molar-refractivity contribution in [2.75, 3.05) is 0 Å². The Hall–Kier alpha value is -1.36. The summed E-state index contributed by atoms with van der Waals surface area (Å²) in [7, 11) is -2.61. The Balaban J connectivity index is 2.13. The summed E-state index contributed by atoms with van der Waals surface area (Å²) in [6.45, 7) is 2.28. The maximum absolute atomic E-state index is 7.69. The molecule has 124 valence electrons. The zero-order chi connectivity index (χ0) is 17.5. The topological polar surface area (TPSA) is 0 Å². The summed E-state index contributed by atoms with van der Waals surface area (Å²) in [5.74, 6) is 0. The van der Waals surface area contributed by atoms with Gasteiger partial charge in [0.2, 0.25) is 7.38 Å². The summed E-state index contributed by atoms with van der Waals surface area (Å²) in [6.07, 6.45) is 2.36. The zero-order valence-electron chi connectivity index (χ0n) is 13.9. The molecular weight excluding hydrogens is 455 g/mol. The van der Waals surface area contributed by atoms with Gasteiger partial charge in [0.25, 0.3) is 0 Å². The van der Waals surface area contributed by atoms with Crippen molar-refractivity contribution in [3.05, 3.63) is 95.4 Å². The molecule has 0 saturated carbocycles. The van der Waals surface area contributed by atoms with E-state index in [1.165, 1.54) is 26.0 Å². The van der Waals surface area contributed by atoms with E-state index in [1.54, 1.807) is 0 Å². The molecule has 1 aliphatic carbocycles. The third-order valence-electron chi connectivity index (χ3n) is 4.83. The molecule has 0 radical (unpaired) electrons. The molecule has 0 aliphatic heterocycles. The van der Waals surface area contributed by atoms with Crippen LogP contribution < -0.4 is 20.8 Å². The van der Waals surface area contributed by atoms with Crippen molar-refractivity contribution in [2.45, 2.75) is 10.3 Å². The van der Waals surface area contributed by atoms with Crippen molar-refractivity contribution in [3.63, 3.8) is 0 Å². The monoisotopic (exact) mass is 472 g/mol. The molecule has 25 heavy (non-hydrogen) atoms. The number of hydrogen-bond donors (Lipinski definition) is 0. The lowest BCUT2D eigenvalue weighted by Gasteiger charge is -2.34. The van der Waals surface area contributed by atoms with Gasteiger partial charge in [-0.05, 0) is 32.9 Å². The van der Waals surface area contributed by atoms with Crippen molar-refractivity contribution in [2.24, 2.45) is 0 Å². The first-order valence-corrected chi connectivity index (χ1v) is 12.4. The predicted molar refractivity (Wildman–Crippen MR) is 120 cm³/mol. The largest absolute Gasteiger partial charge is 0.246 e. The highest BCUT2D eigenvalue weighted by molar-refractivity contribution is 14.1. The van der Waals surface area contributed by atoms with Crippen LogP contribution in [0.3, 0.4) is 0 Å². The first-order valence-electron chi connectivity index (χ1n) is 8.35. The van der Waals surface area contributed by atoms with Crippen molar-refractivity contribution < 1.29 is 0 Å². The van der Waals surface area contributed by atoms with Gasteiger partial charge in [-0.25, -0.2) is 0 Å². The van der Waals surface area contributed by atoms with E-state index >= 15 is 0 Å². The minimum Gasteiger partial charge on any atom is -0.149 e. The van der Waals surface area contributed by atoms with Crippen LogP contribution >= 0.6 is 33.7 Å². The smallest absolute Gasteiger partial charge is 0.149 e. The Kier molecular flexibility index (Phi) is 4.38. The van der Waals surface area contributed by atoms with Gasteiger partial charge in [0.15, 0.2) is 0 Å². The summed E-state index contributed by atoms with van der Waals surface area (Å²) in [4.78, 5) is 0. The lowest BCUT2D eigenvalue weighted by atomic mass is 10.2. The van der Waals surface area contributed by atoms with E-state index in [0.29, 0.717) is 0 Å². The number of rotatable bonds is 3. The van der Waals surface area contributed by atoms with Crippen molar-refractivity contribution in [1.82, 2.24) is 0 Å². The molecular formula is C22H18ClISi. The van der Waals surface area contributed by atoms with Gasteiger partial charge < -0.3 is 0 Å². The minimum atomic E-state index is -2.61. The van der Waals surface area contributed by atoms with Crippen LogP contribution in [-0.2, 0) is 0 Å². The SMILES string of the molecule is CC1(I)C=c2ccccc2=C1[Si](Cl)(c1ccccc1)c1ccccc1. The van der Waals surface area contributed by atoms with E-state index in [0.717, 1.165) is 0 Å². The van der Waals surface area contributed by atoms with E-state index < -0.39 is 7.38 Å². The summed E-state index contributed by atoms with van der Waals surface area (Å²) in [5, 5.41) is 6.44. The molecule has 1 unspecified atom stereocenters. The number of benzene rings is 3. The Morgan fingerprint density at radius 1 is 0.760 bits per heavy atom. The minimum absolute atomic E-state index is 0.0961. The fourth-order valence-corrected chi connectivity index (χ4v) is 11.3. The van der Waals surface area contributed by atoms with Gasteiger partial charge in [-0.15, -0.1) is 11.1 Å². The summed E-state index contributed by atoms with van der Waals surface area (Å²) < 4.78 is -0.0961. The molecule has 0 amide bonds. The summed E-state index contributed by atoms with van der Waals surface area (Å²) in [5.41, 5.74) is 0. The van der Waals surface area contributed by atoms with Crippen LogP contribution in [0.5, 0.6) is 0 Å². The molecule has 0 nitrogen and oxygen atoms in total. The molecule has 0 spiro atoms. The quantitative estimate of drug-likeness (QED) is 0.237. The van der Waals surface area contributed by atoms with Gasteiger partial charge in [-0.3, -0.25) is 0 Å². The van der Waals surface area contributed by atoms with Crippen LogP contribution in [-0.4, -0.2) is 10.8 Å². The number of halogens is 2. The highest BCUT2D eigenvalue weighted by atomic mass is 127. The Morgan fingerprint density at radius 3 is 1.80 bits per heavy atom.